The van der Waals surface area contributed by atoms with E-state index in [2.05, 4.69) is 21.2 Å². The number of carbonyl (C=O) groups is 5. The lowest BCUT2D eigenvalue weighted by molar-refractivity contribution is -0.265. The van der Waals surface area contributed by atoms with Crippen LogP contribution in [0.25, 0.3) is 0 Å². The van der Waals surface area contributed by atoms with Gasteiger partial charge in [0.25, 0.3) is 11.7 Å². The second kappa shape index (κ2) is 27.7. The highest BCUT2D eigenvalue weighted by molar-refractivity contribution is 6.39. The van der Waals surface area contributed by atoms with Gasteiger partial charge in [0.1, 0.15) is 35.8 Å². The number of piperidine rings is 1. The standard InChI is InChI=1S/C64H96N4O13/c1-38-16-12-11-13-17-39(2)54(76-8)31-50-21-19-44(7)64(75,81-50)60(72)61(73)67-23-15-14-18-51(67)62(74)80-55(32-52(69)40(3)25-43(6)58(71)59(78-10)57(70)42(5)24-38)41(4)26-45-20-22-53(56(30-45)77-9)79-37-49-36-68(66-65-49)63-33-46-27-47(34-63)29-48(28-46)35-63/h11-13,16-17,25,36,38,40-42,44-48,50-51,53-56,58-59,71,75H,14-15,18-24,26-35,37H2,1-10H3/b13-11?,16-12+,39-17?,43-25+/t38-,40-,41-,42-,44-,45+,46?,47?,48?,50+,51+,53-,54+,55+,56-,58-,59+,63?,64-/m1/s1. The highest BCUT2D eigenvalue weighted by atomic mass is 16.6. The number of rotatable bonds is 10. The van der Waals surface area contributed by atoms with E-state index in [9.17, 15) is 34.2 Å². The van der Waals surface area contributed by atoms with Crippen LogP contribution in [0.3, 0.4) is 0 Å². The first-order valence-corrected chi connectivity index (χ1v) is 30.7. The number of cyclic esters (lactones) is 1. The Morgan fingerprint density at radius 3 is 2.20 bits per heavy atom. The number of nitrogens with zero attached hydrogens (tertiary/aromatic N) is 4. The molecule has 1 amide bonds. The second-order valence-electron chi connectivity index (χ2n) is 26.2. The number of Topliss-reactive ketones (excluding diaryl/α,β-unsaturated/α-hetero) is 3. The zero-order chi connectivity index (χ0) is 58.3. The van der Waals surface area contributed by atoms with Crippen molar-refractivity contribution >= 4 is 29.2 Å². The topological polar surface area (TPSA) is 215 Å². The monoisotopic (exact) mass is 1130 g/mol. The van der Waals surface area contributed by atoms with E-state index in [1.54, 1.807) is 41.1 Å². The predicted molar refractivity (Wildman–Crippen MR) is 304 cm³/mol. The molecule has 5 saturated carbocycles. The van der Waals surface area contributed by atoms with E-state index >= 15 is 0 Å². The third-order valence-corrected chi connectivity index (χ3v) is 19.9. The molecule has 6 bridgehead atoms. The number of amides is 1. The average molecular weight is 1130 g/mol. The fourth-order valence-corrected chi connectivity index (χ4v) is 15.4. The predicted octanol–water partition coefficient (Wildman–Crippen LogP) is 8.92. The van der Waals surface area contributed by atoms with Gasteiger partial charge in [0.2, 0.25) is 5.79 Å². The molecule has 2 N–H and O–H groups in total. The fraction of sp³-hybridized carbons (Fsp3) is 0.766. The first-order chi connectivity index (χ1) is 38.6. The summed E-state index contributed by atoms with van der Waals surface area (Å²) in [6.45, 7) is 13.2. The van der Waals surface area contributed by atoms with Gasteiger partial charge >= 0.3 is 5.97 Å². The summed E-state index contributed by atoms with van der Waals surface area (Å²) in [4.78, 5) is 73.2. The summed E-state index contributed by atoms with van der Waals surface area (Å²) < 4.78 is 39.0. The van der Waals surface area contributed by atoms with Crippen molar-refractivity contribution in [3.8, 4) is 0 Å². The molecule has 5 aliphatic carbocycles. The Labute approximate surface area is 481 Å². The quantitative estimate of drug-likeness (QED) is 0.127. The normalized spacial score (nSPS) is 40.5. The number of carbonyl (C=O) groups excluding carboxylic acids is 5. The van der Waals surface area contributed by atoms with Crippen molar-refractivity contribution in [3.05, 3.63) is 59.5 Å². The Kier molecular flexibility index (Phi) is 21.4. The lowest BCUT2D eigenvalue weighted by Crippen LogP contribution is -2.61. The van der Waals surface area contributed by atoms with Crippen molar-refractivity contribution in [1.82, 2.24) is 19.9 Å². The molecule has 1 aromatic heterocycles. The summed E-state index contributed by atoms with van der Waals surface area (Å²) in [7, 11) is 4.68. The van der Waals surface area contributed by atoms with Crippen molar-refractivity contribution in [2.45, 2.75) is 231 Å². The van der Waals surface area contributed by atoms with Crippen LogP contribution in [0.4, 0.5) is 0 Å². The molecular weight excluding hydrogens is 1030 g/mol. The molecule has 81 heavy (non-hydrogen) atoms. The molecule has 9 rings (SSSR count). The van der Waals surface area contributed by atoms with Crippen LogP contribution in [-0.4, -0.2) is 142 Å². The van der Waals surface area contributed by atoms with E-state index in [-0.39, 0.29) is 66.5 Å². The minimum Gasteiger partial charge on any atom is -0.460 e. The number of aliphatic hydroxyl groups is 2. The summed E-state index contributed by atoms with van der Waals surface area (Å²) >= 11 is 0. The number of hydrogen-bond acceptors (Lipinski definition) is 15. The largest absolute Gasteiger partial charge is 0.460 e. The highest BCUT2D eigenvalue weighted by Crippen LogP contribution is 2.58. The third-order valence-electron chi connectivity index (χ3n) is 19.9. The van der Waals surface area contributed by atoms with Gasteiger partial charge in [-0.15, -0.1) is 5.10 Å². The van der Waals surface area contributed by atoms with E-state index in [0.29, 0.717) is 63.5 Å². The summed E-state index contributed by atoms with van der Waals surface area (Å²) in [5, 5.41) is 33.0. The van der Waals surface area contributed by atoms with Crippen LogP contribution in [0, 0.1) is 53.3 Å². The van der Waals surface area contributed by atoms with Crippen LogP contribution in [0.15, 0.2) is 53.8 Å². The summed E-state index contributed by atoms with van der Waals surface area (Å²) in [5.74, 6) is -5.54. The molecule has 0 spiro atoms. The van der Waals surface area contributed by atoms with Crippen LogP contribution in [0.1, 0.15) is 170 Å². The molecule has 8 aliphatic rings. The number of methoxy groups -OCH3 is 3. The molecule has 0 radical (unpaired) electrons. The Hall–Kier alpha value is -4.23. The molecular formula is C64H96N4O13. The van der Waals surface area contributed by atoms with Gasteiger partial charge in [0, 0.05) is 58.5 Å². The molecule has 0 aromatic carbocycles. The molecule has 15 atom stereocenters. The van der Waals surface area contributed by atoms with Gasteiger partial charge in [-0.2, -0.15) is 0 Å². The maximum Gasteiger partial charge on any atom is 0.329 e. The Morgan fingerprint density at radius 1 is 0.802 bits per heavy atom. The van der Waals surface area contributed by atoms with Crippen LogP contribution < -0.4 is 0 Å². The molecule has 450 valence electrons. The number of hydrogen-bond donors (Lipinski definition) is 2. The first-order valence-electron chi connectivity index (χ1n) is 30.7. The van der Waals surface area contributed by atoms with Crippen molar-refractivity contribution in [1.29, 1.82) is 0 Å². The van der Waals surface area contributed by atoms with Gasteiger partial charge in [0.15, 0.2) is 5.78 Å². The lowest BCUT2D eigenvalue weighted by Gasteiger charge is -2.56. The van der Waals surface area contributed by atoms with E-state index < -0.39 is 77.8 Å². The average Bonchev–Trinajstić information content (AvgIpc) is 4.11. The van der Waals surface area contributed by atoms with Crippen LogP contribution >= 0.6 is 0 Å². The number of ketones is 3. The summed E-state index contributed by atoms with van der Waals surface area (Å²) in [6, 6.07) is -1.15. The zero-order valence-electron chi connectivity index (χ0n) is 50.2. The highest BCUT2D eigenvalue weighted by Gasteiger charge is 2.54. The number of aromatic nitrogens is 3. The summed E-state index contributed by atoms with van der Waals surface area (Å²) in [5.41, 5.74) is 2.18. The molecule has 17 heteroatoms. The lowest BCUT2D eigenvalue weighted by atomic mass is 9.53. The molecule has 3 aliphatic heterocycles. The number of aliphatic hydroxyl groups excluding tert-OH is 1. The molecule has 1 aromatic rings. The van der Waals surface area contributed by atoms with E-state index in [4.69, 9.17) is 28.4 Å². The Bertz CT molecular complexity index is 2450. The fourth-order valence-electron chi connectivity index (χ4n) is 15.4. The zero-order valence-corrected chi connectivity index (χ0v) is 50.2. The Balaban J connectivity index is 0.998. The van der Waals surface area contributed by atoms with E-state index in [1.165, 1.54) is 50.5 Å². The molecule has 2 saturated heterocycles. The van der Waals surface area contributed by atoms with Crippen molar-refractivity contribution in [2.75, 3.05) is 27.9 Å². The Morgan fingerprint density at radius 2 is 1.52 bits per heavy atom. The molecule has 7 fully saturated rings. The number of ether oxygens (including phenoxy) is 6. The van der Waals surface area contributed by atoms with Crippen molar-refractivity contribution in [3.63, 3.8) is 0 Å². The van der Waals surface area contributed by atoms with Crippen LogP contribution in [-0.2, 0) is 64.5 Å². The molecule has 4 heterocycles. The van der Waals surface area contributed by atoms with Gasteiger partial charge in [-0.3, -0.25) is 19.2 Å². The number of allylic oxidation sites excluding steroid dienone is 6. The summed E-state index contributed by atoms with van der Waals surface area (Å²) in [6.07, 6.45) is 21.9. The molecule has 17 nitrogen and oxygen atoms in total. The smallest absolute Gasteiger partial charge is 0.329 e. The van der Waals surface area contributed by atoms with E-state index in [0.717, 1.165) is 41.9 Å². The number of esters is 1. The minimum atomic E-state index is -2.44. The minimum absolute atomic E-state index is 0.0145. The van der Waals surface area contributed by atoms with Gasteiger partial charge < -0.3 is 43.5 Å². The van der Waals surface area contributed by atoms with Crippen LogP contribution in [0.2, 0.25) is 0 Å². The van der Waals surface area contributed by atoms with Crippen molar-refractivity contribution in [2.24, 2.45) is 53.3 Å². The second-order valence-corrected chi connectivity index (χ2v) is 26.2. The SMILES string of the molecule is CO[C@H]1C[C@@H]2CC[C@@H](C)[C@@](O)(O2)C(=O)C(=O)N2CCCC[C@H]2C(=O)O[C@H]([C@H](C)C[C@@H]2CC[C@@H](OCc3cn(C45CC6CC(CC(C6)C4)C5)nn3)[C@H](OC)C2)CC(=O)[C@H](C)/C=C(\C)[C@@H](O)[C@@H](OC)C(=O)[C@H](C)C[C@H](C)/C=C/C=CC=C1C. The number of fused-ring (bicyclic) bond motifs is 3. The van der Waals surface area contributed by atoms with Gasteiger partial charge in [0.05, 0.1) is 42.8 Å². The van der Waals surface area contributed by atoms with Gasteiger partial charge in [-0.25, -0.2) is 9.48 Å². The molecule has 0 unspecified atom stereocenters. The van der Waals surface area contributed by atoms with Crippen molar-refractivity contribution < 1.29 is 62.6 Å². The van der Waals surface area contributed by atoms with Gasteiger partial charge in [-0.05, 0) is 163 Å². The van der Waals surface area contributed by atoms with E-state index in [1.807, 2.05) is 58.1 Å². The van der Waals surface area contributed by atoms with Gasteiger partial charge in [-0.1, -0.05) is 76.3 Å². The third kappa shape index (κ3) is 14.8. The van der Waals surface area contributed by atoms with Crippen LogP contribution in [0.5, 0.6) is 0 Å². The maximum absolute atomic E-state index is 14.7. The first kappa shape index (κ1) is 62.8. The maximum atomic E-state index is 14.7.